The van der Waals surface area contributed by atoms with Gasteiger partial charge in [0.25, 0.3) is 0 Å². The Morgan fingerprint density at radius 3 is 2.38 bits per heavy atom. The quantitative estimate of drug-likeness (QED) is 0.760. The van der Waals surface area contributed by atoms with Crippen LogP contribution < -0.4 is 10.2 Å². The van der Waals surface area contributed by atoms with Crippen molar-refractivity contribution in [1.29, 1.82) is 0 Å². The molecular formula is C23H26N2O4. The Morgan fingerprint density at radius 2 is 1.76 bits per heavy atom. The molecule has 152 valence electrons. The molecule has 1 N–H and O–H groups in total. The van der Waals surface area contributed by atoms with Crippen LogP contribution >= 0.6 is 0 Å². The molecule has 2 aromatic carbocycles. The van der Waals surface area contributed by atoms with Crippen LogP contribution in [0, 0.1) is 5.92 Å². The first-order valence-electron chi connectivity index (χ1n) is 9.88. The van der Waals surface area contributed by atoms with Crippen LogP contribution in [0.25, 0.3) is 0 Å². The molecule has 1 aliphatic heterocycles. The number of carbonyl (C=O) groups excluding carboxylic acids is 3. The van der Waals surface area contributed by atoms with Crippen molar-refractivity contribution < 1.29 is 19.1 Å². The van der Waals surface area contributed by atoms with Gasteiger partial charge >= 0.3 is 5.97 Å². The molecule has 1 aliphatic rings. The minimum Gasteiger partial charge on any atom is -0.465 e. The molecule has 0 aliphatic carbocycles. The van der Waals surface area contributed by atoms with Gasteiger partial charge in [0.15, 0.2) is 0 Å². The maximum Gasteiger partial charge on any atom is 0.337 e. The largest absolute Gasteiger partial charge is 0.465 e. The molecule has 6 nitrogen and oxygen atoms in total. The van der Waals surface area contributed by atoms with Crippen LogP contribution in [0.4, 0.5) is 11.4 Å². The van der Waals surface area contributed by atoms with Crippen molar-refractivity contribution in [1.82, 2.24) is 0 Å². The van der Waals surface area contributed by atoms with Crippen molar-refractivity contribution in [2.75, 3.05) is 23.9 Å². The van der Waals surface area contributed by atoms with Crippen LogP contribution in [0.1, 0.15) is 41.8 Å². The van der Waals surface area contributed by atoms with Crippen LogP contribution in [0.3, 0.4) is 0 Å². The van der Waals surface area contributed by atoms with E-state index in [-0.39, 0.29) is 18.2 Å². The molecule has 3 rings (SSSR count). The summed E-state index contributed by atoms with van der Waals surface area (Å²) in [6.45, 7) is 4.49. The van der Waals surface area contributed by atoms with Crippen molar-refractivity contribution in [2.45, 2.75) is 33.1 Å². The van der Waals surface area contributed by atoms with E-state index in [1.807, 2.05) is 18.2 Å². The second-order valence-corrected chi connectivity index (χ2v) is 7.10. The van der Waals surface area contributed by atoms with Crippen LogP contribution in [0.15, 0.2) is 42.5 Å². The monoisotopic (exact) mass is 394 g/mol. The number of esters is 1. The average Bonchev–Trinajstić information content (AvgIpc) is 3.13. The number of benzene rings is 2. The minimum atomic E-state index is -0.466. The number of amides is 2. The number of methoxy groups -OCH3 is 1. The van der Waals surface area contributed by atoms with E-state index in [9.17, 15) is 14.4 Å². The molecule has 1 saturated heterocycles. The molecule has 0 aromatic heterocycles. The SMILES string of the molecule is CCc1cccc(CC)c1N1CC(C(=O)Nc2cccc(C(=O)OC)c2)CC1=O. The first-order chi connectivity index (χ1) is 14.0. The number of nitrogens with zero attached hydrogens (tertiary/aromatic N) is 1. The first kappa shape index (κ1) is 20.6. The summed E-state index contributed by atoms with van der Waals surface area (Å²) in [5.74, 6) is -1.18. The number of rotatable bonds is 6. The van der Waals surface area contributed by atoms with E-state index >= 15 is 0 Å². The summed E-state index contributed by atoms with van der Waals surface area (Å²) in [6.07, 6.45) is 1.82. The molecule has 0 bridgehead atoms. The normalized spacial score (nSPS) is 16.0. The van der Waals surface area contributed by atoms with E-state index in [1.165, 1.54) is 7.11 Å². The summed E-state index contributed by atoms with van der Waals surface area (Å²) in [5.41, 5.74) is 4.05. The minimum absolute atomic E-state index is 0.0379. The van der Waals surface area contributed by atoms with Crippen molar-refractivity contribution in [3.63, 3.8) is 0 Å². The average molecular weight is 394 g/mol. The molecule has 2 amide bonds. The van der Waals surface area contributed by atoms with E-state index in [0.29, 0.717) is 17.8 Å². The van der Waals surface area contributed by atoms with Gasteiger partial charge in [0.1, 0.15) is 0 Å². The molecule has 2 aromatic rings. The summed E-state index contributed by atoms with van der Waals surface area (Å²) in [4.78, 5) is 39.0. The van der Waals surface area contributed by atoms with E-state index in [1.54, 1.807) is 29.2 Å². The highest BCUT2D eigenvalue weighted by atomic mass is 16.5. The van der Waals surface area contributed by atoms with Gasteiger partial charge in [-0.15, -0.1) is 0 Å². The van der Waals surface area contributed by atoms with E-state index in [2.05, 4.69) is 19.2 Å². The highest BCUT2D eigenvalue weighted by Crippen LogP contribution is 2.32. The molecule has 1 unspecified atom stereocenters. The van der Waals surface area contributed by atoms with E-state index in [4.69, 9.17) is 4.74 Å². The first-order valence-corrected chi connectivity index (χ1v) is 9.88. The van der Waals surface area contributed by atoms with Crippen LogP contribution in [0.2, 0.25) is 0 Å². The Hall–Kier alpha value is -3.15. The summed E-state index contributed by atoms with van der Waals surface area (Å²) < 4.78 is 4.71. The van der Waals surface area contributed by atoms with Crippen LogP contribution in [-0.2, 0) is 27.2 Å². The Labute approximate surface area is 170 Å². The lowest BCUT2D eigenvalue weighted by Crippen LogP contribution is -2.29. The molecule has 1 heterocycles. The Morgan fingerprint density at radius 1 is 1.10 bits per heavy atom. The Balaban J connectivity index is 1.77. The van der Waals surface area contributed by atoms with Crippen molar-refractivity contribution in [2.24, 2.45) is 5.92 Å². The lowest BCUT2D eigenvalue weighted by Gasteiger charge is -2.23. The molecule has 0 spiro atoms. The van der Waals surface area contributed by atoms with Crippen molar-refractivity contribution in [3.8, 4) is 0 Å². The predicted octanol–water partition coefficient (Wildman–Crippen LogP) is 3.59. The van der Waals surface area contributed by atoms with Gasteiger partial charge in [0.2, 0.25) is 11.8 Å². The number of nitrogens with one attached hydrogen (secondary N) is 1. The lowest BCUT2D eigenvalue weighted by molar-refractivity contribution is -0.122. The van der Waals surface area contributed by atoms with E-state index < -0.39 is 11.9 Å². The van der Waals surface area contributed by atoms with Gasteiger partial charge in [-0.25, -0.2) is 4.79 Å². The number of para-hydroxylation sites is 1. The summed E-state index contributed by atoms with van der Waals surface area (Å²) in [7, 11) is 1.31. The third kappa shape index (κ3) is 4.31. The van der Waals surface area contributed by atoms with Crippen LogP contribution in [-0.4, -0.2) is 31.4 Å². The molecule has 0 saturated carbocycles. The van der Waals surface area contributed by atoms with Crippen LogP contribution in [0.5, 0.6) is 0 Å². The number of hydrogen-bond donors (Lipinski definition) is 1. The summed E-state index contributed by atoms with van der Waals surface area (Å²) in [5, 5.41) is 2.83. The molecule has 1 atom stereocenters. The second kappa shape index (κ2) is 8.90. The molecule has 29 heavy (non-hydrogen) atoms. The fourth-order valence-corrected chi connectivity index (χ4v) is 3.75. The number of carbonyl (C=O) groups is 3. The van der Waals surface area contributed by atoms with Gasteiger partial charge in [0.05, 0.1) is 18.6 Å². The maximum absolute atomic E-state index is 12.8. The zero-order valence-corrected chi connectivity index (χ0v) is 17.0. The molecule has 0 radical (unpaired) electrons. The van der Waals surface area contributed by atoms with Crippen molar-refractivity contribution >= 4 is 29.2 Å². The molecule has 1 fully saturated rings. The van der Waals surface area contributed by atoms with Gasteiger partial charge in [-0.1, -0.05) is 38.1 Å². The van der Waals surface area contributed by atoms with Gasteiger partial charge in [-0.3, -0.25) is 9.59 Å². The zero-order chi connectivity index (χ0) is 21.0. The van der Waals surface area contributed by atoms with Crippen molar-refractivity contribution in [3.05, 3.63) is 59.2 Å². The van der Waals surface area contributed by atoms with Gasteiger partial charge in [-0.05, 0) is 42.2 Å². The highest BCUT2D eigenvalue weighted by Gasteiger charge is 2.36. The zero-order valence-electron chi connectivity index (χ0n) is 17.0. The van der Waals surface area contributed by atoms with Gasteiger partial charge in [0, 0.05) is 24.3 Å². The lowest BCUT2D eigenvalue weighted by atomic mass is 10.0. The van der Waals surface area contributed by atoms with E-state index in [0.717, 1.165) is 29.7 Å². The Bertz CT molecular complexity index is 916. The number of anilines is 2. The third-order valence-corrected chi connectivity index (χ3v) is 5.28. The standard InChI is InChI=1S/C23H26N2O4/c1-4-15-8-6-9-16(5-2)21(15)25-14-18(13-20(25)26)22(27)24-19-11-7-10-17(12-19)23(28)29-3/h6-12,18H,4-5,13-14H2,1-3H3,(H,24,27). The number of aryl methyl sites for hydroxylation is 2. The summed E-state index contributed by atoms with van der Waals surface area (Å²) in [6, 6.07) is 12.7. The third-order valence-electron chi connectivity index (χ3n) is 5.28. The van der Waals surface area contributed by atoms with Gasteiger partial charge < -0.3 is 15.0 Å². The number of ether oxygens (including phenoxy) is 1. The smallest absolute Gasteiger partial charge is 0.337 e. The summed E-state index contributed by atoms with van der Waals surface area (Å²) >= 11 is 0. The van der Waals surface area contributed by atoms with Gasteiger partial charge in [-0.2, -0.15) is 0 Å². The fraction of sp³-hybridized carbons (Fsp3) is 0.348. The Kier molecular flexibility index (Phi) is 6.32. The highest BCUT2D eigenvalue weighted by molar-refractivity contribution is 6.04. The number of hydrogen-bond acceptors (Lipinski definition) is 4. The molecular weight excluding hydrogens is 368 g/mol. The fourth-order valence-electron chi connectivity index (χ4n) is 3.75. The topological polar surface area (TPSA) is 75.7 Å². The maximum atomic E-state index is 12.8. The second-order valence-electron chi connectivity index (χ2n) is 7.10. The predicted molar refractivity (Wildman–Crippen MR) is 112 cm³/mol. The molecule has 6 heteroatoms.